The first-order valence-corrected chi connectivity index (χ1v) is 9.70. The van der Waals surface area contributed by atoms with Crippen LogP contribution >= 0.6 is 0 Å². The second-order valence-corrected chi connectivity index (χ2v) is 6.75. The molecule has 0 aliphatic carbocycles. The minimum absolute atomic E-state index is 0.148. The van der Waals surface area contributed by atoms with Crippen LogP contribution in [-0.4, -0.2) is 25.5 Å². The second-order valence-electron chi connectivity index (χ2n) is 6.75. The predicted molar refractivity (Wildman–Crippen MR) is 117 cm³/mol. The highest BCUT2D eigenvalue weighted by Gasteiger charge is 2.07. The molecule has 3 aromatic rings. The Morgan fingerprint density at radius 3 is 2.13 bits per heavy atom. The summed E-state index contributed by atoms with van der Waals surface area (Å²) in [5.74, 6) is 0.497. The third kappa shape index (κ3) is 6.46. The standard InChI is InChI=1S/C24H25N3O3/c1-30-22-13-7-19(8-14-22)15-25-17-23(28)27-21-11-9-20(10-12-21)24(29)26-16-18-5-3-2-4-6-18/h2-14,25H,15-17H2,1H3,(H,26,29)(H,27,28). The number of anilines is 1. The van der Waals surface area contributed by atoms with Gasteiger partial charge in [-0.2, -0.15) is 0 Å². The fourth-order valence-electron chi connectivity index (χ4n) is 2.85. The van der Waals surface area contributed by atoms with Gasteiger partial charge < -0.3 is 20.7 Å². The van der Waals surface area contributed by atoms with Gasteiger partial charge in [0.15, 0.2) is 0 Å². The molecule has 0 radical (unpaired) electrons. The summed E-state index contributed by atoms with van der Waals surface area (Å²) < 4.78 is 5.13. The van der Waals surface area contributed by atoms with E-state index < -0.39 is 0 Å². The van der Waals surface area contributed by atoms with Crippen LogP contribution in [0.15, 0.2) is 78.9 Å². The Hall–Kier alpha value is -3.64. The average Bonchev–Trinajstić information content (AvgIpc) is 2.79. The average molecular weight is 403 g/mol. The molecule has 6 heteroatoms. The first-order chi connectivity index (χ1) is 14.6. The van der Waals surface area contributed by atoms with Crippen molar-refractivity contribution in [2.75, 3.05) is 19.0 Å². The number of carbonyl (C=O) groups excluding carboxylic acids is 2. The molecule has 0 saturated heterocycles. The summed E-state index contributed by atoms with van der Waals surface area (Å²) in [5.41, 5.74) is 3.29. The van der Waals surface area contributed by atoms with Crippen LogP contribution in [0.5, 0.6) is 5.75 Å². The number of amides is 2. The fraction of sp³-hybridized carbons (Fsp3) is 0.167. The summed E-state index contributed by atoms with van der Waals surface area (Å²) in [7, 11) is 1.63. The second kappa shape index (κ2) is 10.8. The number of hydrogen-bond donors (Lipinski definition) is 3. The summed E-state index contributed by atoms with van der Waals surface area (Å²) in [6, 6.07) is 24.2. The molecule has 6 nitrogen and oxygen atoms in total. The number of benzene rings is 3. The van der Waals surface area contributed by atoms with Crippen molar-refractivity contribution in [1.29, 1.82) is 0 Å². The molecule has 0 fully saturated rings. The Morgan fingerprint density at radius 2 is 1.47 bits per heavy atom. The molecule has 3 aromatic carbocycles. The van der Waals surface area contributed by atoms with Crippen molar-refractivity contribution in [2.24, 2.45) is 0 Å². The van der Waals surface area contributed by atoms with E-state index >= 15 is 0 Å². The lowest BCUT2D eigenvalue weighted by Crippen LogP contribution is -2.27. The van der Waals surface area contributed by atoms with Crippen molar-refractivity contribution in [3.8, 4) is 5.75 Å². The Morgan fingerprint density at radius 1 is 0.800 bits per heavy atom. The first kappa shape index (κ1) is 21.1. The summed E-state index contributed by atoms with van der Waals surface area (Å²) in [5, 5.41) is 8.80. The van der Waals surface area contributed by atoms with Gasteiger partial charge in [-0.1, -0.05) is 42.5 Å². The molecule has 0 aromatic heterocycles. The number of hydrogen-bond acceptors (Lipinski definition) is 4. The molecule has 0 aliphatic rings. The van der Waals surface area contributed by atoms with Gasteiger partial charge in [-0.15, -0.1) is 0 Å². The lowest BCUT2D eigenvalue weighted by Gasteiger charge is -2.09. The van der Waals surface area contributed by atoms with Crippen molar-refractivity contribution in [1.82, 2.24) is 10.6 Å². The fourth-order valence-corrected chi connectivity index (χ4v) is 2.85. The van der Waals surface area contributed by atoms with Crippen LogP contribution in [0.25, 0.3) is 0 Å². The van der Waals surface area contributed by atoms with Crippen molar-refractivity contribution >= 4 is 17.5 Å². The SMILES string of the molecule is COc1ccc(CNCC(=O)Nc2ccc(C(=O)NCc3ccccc3)cc2)cc1. The molecule has 0 saturated carbocycles. The largest absolute Gasteiger partial charge is 0.497 e. The predicted octanol–water partition coefficient (Wildman–Crippen LogP) is 3.35. The molecular formula is C24H25N3O3. The lowest BCUT2D eigenvalue weighted by atomic mass is 10.1. The van der Waals surface area contributed by atoms with E-state index in [1.165, 1.54) is 0 Å². The van der Waals surface area contributed by atoms with Gasteiger partial charge in [0, 0.05) is 24.3 Å². The molecule has 154 valence electrons. The molecule has 0 unspecified atom stereocenters. The van der Waals surface area contributed by atoms with E-state index in [2.05, 4.69) is 16.0 Å². The quantitative estimate of drug-likeness (QED) is 0.512. The molecule has 0 spiro atoms. The molecular weight excluding hydrogens is 378 g/mol. The summed E-state index contributed by atoms with van der Waals surface area (Å²) in [6.07, 6.45) is 0. The highest BCUT2D eigenvalue weighted by atomic mass is 16.5. The van der Waals surface area contributed by atoms with Crippen molar-refractivity contribution in [2.45, 2.75) is 13.1 Å². The Bertz CT molecular complexity index is 955. The molecule has 0 aliphatic heterocycles. The number of nitrogens with one attached hydrogen (secondary N) is 3. The summed E-state index contributed by atoms with van der Waals surface area (Å²) in [4.78, 5) is 24.4. The summed E-state index contributed by atoms with van der Waals surface area (Å²) in [6.45, 7) is 1.24. The Kier molecular flexibility index (Phi) is 7.58. The van der Waals surface area contributed by atoms with E-state index in [0.29, 0.717) is 24.3 Å². The van der Waals surface area contributed by atoms with E-state index in [1.54, 1.807) is 31.4 Å². The van der Waals surface area contributed by atoms with Crippen LogP contribution in [0.1, 0.15) is 21.5 Å². The third-order valence-electron chi connectivity index (χ3n) is 4.50. The first-order valence-electron chi connectivity index (χ1n) is 9.70. The summed E-state index contributed by atoms with van der Waals surface area (Å²) >= 11 is 0. The third-order valence-corrected chi connectivity index (χ3v) is 4.50. The van der Waals surface area contributed by atoms with Gasteiger partial charge in [-0.25, -0.2) is 0 Å². The Balaban J connectivity index is 1.41. The molecule has 30 heavy (non-hydrogen) atoms. The van der Waals surface area contributed by atoms with Gasteiger partial charge in [-0.05, 0) is 47.5 Å². The number of carbonyl (C=O) groups is 2. The van der Waals surface area contributed by atoms with Crippen LogP contribution < -0.4 is 20.7 Å². The van der Waals surface area contributed by atoms with E-state index in [-0.39, 0.29) is 18.4 Å². The smallest absolute Gasteiger partial charge is 0.251 e. The van der Waals surface area contributed by atoms with Crippen LogP contribution in [0, 0.1) is 0 Å². The van der Waals surface area contributed by atoms with E-state index in [9.17, 15) is 9.59 Å². The maximum absolute atomic E-state index is 12.3. The Labute approximate surface area is 176 Å². The van der Waals surface area contributed by atoms with Gasteiger partial charge in [0.25, 0.3) is 5.91 Å². The van der Waals surface area contributed by atoms with Crippen molar-refractivity contribution < 1.29 is 14.3 Å². The topological polar surface area (TPSA) is 79.5 Å². The van der Waals surface area contributed by atoms with Crippen LogP contribution in [0.4, 0.5) is 5.69 Å². The highest BCUT2D eigenvalue weighted by molar-refractivity contribution is 5.96. The maximum atomic E-state index is 12.3. The molecule has 0 bridgehead atoms. The van der Waals surface area contributed by atoms with E-state index in [4.69, 9.17) is 4.74 Å². The van der Waals surface area contributed by atoms with Crippen LogP contribution in [-0.2, 0) is 17.9 Å². The zero-order valence-corrected chi connectivity index (χ0v) is 16.9. The van der Waals surface area contributed by atoms with E-state index in [1.807, 2.05) is 54.6 Å². The van der Waals surface area contributed by atoms with Gasteiger partial charge >= 0.3 is 0 Å². The molecule has 3 rings (SSSR count). The van der Waals surface area contributed by atoms with Crippen molar-refractivity contribution in [3.63, 3.8) is 0 Å². The zero-order chi connectivity index (χ0) is 21.2. The molecule has 2 amide bonds. The monoisotopic (exact) mass is 403 g/mol. The highest BCUT2D eigenvalue weighted by Crippen LogP contribution is 2.11. The minimum Gasteiger partial charge on any atom is -0.497 e. The molecule has 3 N–H and O–H groups in total. The van der Waals surface area contributed by atoms with Gasteiger partial charge in [0.05, 0.1) is 13.7 Å². The van der Waals surface area contributed by atoms with Crippen LogP contribution in [0.2, 0.25) is 0 Å². The van der Waals surface area contributed by atoms with Gasteiger partial charge in [0.1, 0.15) is 5.75 Å². The van der Waals surface area contributed by atoms with Gasteiger partial charge in [-0.3, -0.25) is 9.59 Å². The molecule has 0 heterocycles. The normalized spacial score (nSPS) is 10.3. The van der Waals surface area contributed by atoms with E-state index in [0.717, 1.165) is 16.9 Å². The maximum Gasteiger partial charge on any atom is 0.251 e. The lowest BCUT2D eigenvalue weighted by molar-refractivity contribution is -0.115. The zero-order valence-electron chi connectivity index (χ0n) is 16.9. The molecule has 0 atom stereocenters. The number of methoxy groups -OCH3 is 1. The number of rotatable bonds is 9. The van der Waals surface area contributed by atoms with Crippen LogP contribution in [0.3, 0.4) is 0 Å². The van der Waals surface area contributed by atoms with Crippen molar-refractivity contribution in [3.05, 3.63) is 95.6 Å². The van der Waals surface area contributed by atoms with Gasteiger partial charge in [0.2, 0.25) is 5.91 Å². The number of ether oxygens (including phenoxy) is 1. The minimum atomic E-state index is -0.155.